The lowest BCUT2D eigenvalue weighted by Crippen LogP contribution is -2.24. The molecule has 0 unspecified atom stereocenters. The second kappa shape index (κ2) is 6.54. The van der Waals surface area contributed by atoms with Gasteiger partial charge in [-0.2, -0.15) is 5.26 Å². The van der Waals surface area contributed by atoms with Gasteiger partial charge in [0.05, 0.1) is 17.8 Å². The fourth-order valence-corrected chi connectivity index (χ4v) is 3.51. The number of hydrogen-bond donors (Lipinski definition) is 0. The maximum absolute atomic E-state index is 11.7. The molecule has 0 aliphatic carbocycles. The molecule has 0 saturated carbocycles. The summed E-state index contributed by atoms with van der Waals surface area (Å²) in [5.41, 5.74) is 2.19. The van der Waals surface area contributed by atoms with Gasteiger partial charge in [-0.15, -0.1) is 0 Å². The maximum atomic E-state index is 11.7. The molecule has 0 atom stereocenters. The molecular weight excluding hydrogens is 296 g/mol. The van der Waals surface area contributed by atoms with Gasteiger partial charge in [-0.1, -0.05) is 36.0 Å². The Bertz CT molecular complexity index is 694. The molecule has 1 aliphatic heterocycles. The third-order valence-electron chi connectivity index (χ3n) is 3.37. The fraction of sp³-hybridized carbons (Fsp3) is 0.176. The minimum absolute atomic E-state index is 0.193. The van der Waals surface area contributed by atoms with Gasteiger partial charge in [-0.25, -0.2) is 0 Å². The van der Waals surface area contributed by atoms with Crippen LogP contribution in [0.4, 0.5) is 11.4 Å². The van der Waals surface area contributed by atoms with E-state index in [0.29, 0.717) is 6.54 Å². The number of ether oxygens (including phenoxy) is 1. The first-order valence-corrected chi connectivity index (χ1v) is 7.77. The summed E-state index contributed by atoms with van der Waals surface area (Å²) in [7, 11) is 0. The zero-order valence-electron chi connectivity index (χ0n) is 11.9. The first-order chi connectivity index (χ1) is 10.8. The molecule has 0 fully saturated rings. The molecule has 0 radical (unpaired) electrons. The van der Waals surface area contributed by atoms with Gasteiger partial charge >= 0.3 is 5.97 Å². The van der Waals surface area contributed by atoms with Crippen molar-refractivity contribution >= 4 is 29.1 Å². The van der Waals surface area contributed by atoms with Crippen LogP contribution in [0.3, 0.4) is 0 Å². The van der Waals surface area contributed by atoms with Crippen LogP contribution in [-0.2, 0) is 9.53 Å². The topological polar surface area (TPSA) is 53.3 Å². The van der Waals surface area contributed by atoms with E-state index in [1.807, 2.05) is 30.3 Å². The highest BCUT2D eigenvalue weighted by Crippen LogP contribution is 2.47. The molecular formula is C17H14N2O2S. The summed E-state index contributed by atoms with van der Waals surface area (Å²) in [5, 5.41) is 8.45. The lowest BCUT2D eigenvalue weighted by Gasteiger charge is -2.32. The van der Waals surface area contributed by atoms with Crippen molar-refractivity contribution < 1.29 is 9.53 Å². The van der Waals surface area contributed by atoms with Gasteiger partial charge in [0.15, 0.2) is 6.61 Å². The summed E-state index contributed by atoms with van der Waals surface area (Å²) in [5.74, 6) is -0.352. The molecule has 22 heavy (non-hydrogen) atoms. The van der Waals surface area contributed by atoms with Crippen LogP contribution in [0.15, 0.2) is 58.3 Å². The van der Waals surface area contributed by atoms with Crippen molar-refractivity contribution in [1.29, 1.82) is 5.26 Å². The molecule has 1 heterocycles. The van der Waals surface area contributed by atoms with Gasteiger partial charge in [0.25, 0.3) is 0 Å². The normalized spacial score (nSPS) is 12.0. The number of benzene rings is 2. The number of nitrogens with zero attached hydrogens (tertiary/aromatic N) is 2. The number of esters is 1. The van der Waals surface area contributed by atoms with Crippen LogP contribution in [0.2, 0.25) is 0 Å². The number of para-hydroxylation sites is 2. The van der Waals surface area contributed by atoms with E-state index in [1.165, 1.54) is 9.79 Å². The van der Waals surface area contributed by atoms with Crippen LogP contribution in [0.1, 0.15) is 6.42 Å². The summed E-state index contributed by atoms with van der Waals surface area (Å²) < 4.78 is 4.83. The number of anilines is 2. The van der Waals surface area contributed by atoms with Crippen molar-refractivity contribution in [2.75, 3.05) is 18.1 Å². The predicted molar refractivity (Wildman–Crippen MR) is 85.2 cm³/mol. The molecule has 3 rings (SSSR count). The zero-order valence-corrected chi connectivity index (χ0v) is 12.7. The Kier molecular flexibility index (Phi) is 4.31. The summed E-state index contributed by atoms with van der Waals surface area (Å²) >= 11 is 1.73. The predicted octanol–water partition coefficient (Wildman–Crippen LogP) is 3.75. The number of carbonyl (C=O) groups is 1. The number of hydrogen-bond acceptors (Lipinski definition) is 5. The molecule has 110 valence electrons. The first-order valence-electron chi connectivity index (χ1n) is 6.95. The summed E-state index contributed by atoms with van der Waals surface area (Å²) in [6, 6.07) is 18.1. The molecule has 2 aromatic carbocycles. The highest BCUT2D eigenvalue weighted by atomic mass is 32.2. The van der Waals surface area contributed by atoms with Crippen LogP contribution < -0.4 is 4.90 Å². The Hall–Kier alpha value is -2.45. The third-order valence-corrected chi connectivity index (χ3v) is 4.50. The van der Waals surface area contributed by atoms with E-state index < -0.39 is 0 Å². The van der Waals surface area contributed by atoms with E-state index in [9.17, 15) is 4.79 Å². The lowest BCUT2D eigenvalue weighted by molar-refractivity contribution is -0.141. The first kappa shape index (κ1) is 14.5. The molecule has 0 amide bonds. The quantitative estimate of drug-likeness (QED) is 0.805. The van der Waals surface area contributed by atoms with E-state index in [0.717, 1.165) is 11.4 Å². The van der Waals surface area contributed by atoms with Crippen molar-refractivity contribution in [3.05, 3.63) is 48.5 Å². The fourth-order valence-electron chi connectivity index (χ4n) is 2.41. The van der Waals surface area contributed by atoms with Gasteiger partial charge in [0.2, 0.25) is 0 Å². The van der Waals surface area contributed by atoms with Gasteiger partial charge in [-0.3, -0.25) is 4.79 Å². The van der Waals surface area contributed by atoms with Crippen LogP contribution >= 0.6 is 11.8 Å². The Balaban J connectivity index is 1.84. The summed E-state index contributed by atoms with van der Waals surface area (Å²) in [4.78, 5) is 16.1. The molecule has 0 spiro atoms. The van der Waals surface area contributed by atoms with Crippen molar-refractivity contribution in [3.63, 3.8) is 0 Å². The van der Waals surface area contributed by atoms with Gasteiger partial charge < -0.3 is 9.64 Å². The van der Waals surface area contributed by atoms with Crippen molar-refractivity contribution in [3.8, 4) is 6.07 Å². The molecule has 5 heteroatoms. The van der Waals surface area contributed by atoms with Crippen LogP contribution in [0.25, 0.3) is 0 Å². The number of carbonyl (C=O) groups excluding carboxylic acids is 1. The van der Waals surface area contributed by atoms with Crippen LogP contribution in [-0.4, -0.2) is 19.1 Å². The molecule has 0 N–H and O–H groups in total. The van der Waals surface area contributed by atoms with Gasteiger partial charge in [0, 0.05) is 16.3 Å². The van der Waals surface area contributed by atoms with E-state index in [4.69, 9.17) is 10.00 Å². The highest BCUT2D eigenvalue weighted by Gasteiger charge is 2.23. The van der Waals surface area contributed by atoms with Gasteiger partial charge in [-0.05, 0) is 24.3 Å². The molecule has 4 nitrogen and oxygen atoms in total. The van der Waals surface area contributed by atoms with Crippen molar-refractivity contribution in [1.82, 2.24) is 0 Å². The Morgan fingerprint density at radius 3 is 2.27 bits per heavy atom. The zero-order chi connectivity index (χ0) is 15.4. The monoisotopic (exact) mass is 310 g/mol. The van der Waals surface area contributed by atoms with E-state index in [1.54, 1.807) is 11.8 Å². The lowest BCUT2D eigenvalue weighted by atomic mass is 10.2. The number of fused-ring (bicyclic) bond motifs is 2. The van der Waals surface area contributed by atoms with Crippen LogP contribution in [0.5, 0.6) is 0 Å². The molecule has 2 aromatic rings. The average molecular weight is 310 g/mol. The third kappa shape index (κ3) is 2.92. The summed E-state index contributed by atoms with van der Waals surface area (Å²) in [6.07, 6.45) is 0.245. The minimum atomic E-state index is -0.352. The minimum Gasteiger partial charge on any atom is -0.450 e. The second-order valence-corrected chi connectivity index (χ2v) is 5.84. The molecule has 0 aromatic heterocycles. The molecule has 0 saturated heterocycles. The van der Waals surface area contributed by atoms with Crippen LogP contribution in [0, 0.1) is 11.3 Å². The number of nitriles is 1. The average Bonchev–Trinajstić information content (AvgIpc) is 2.56. The van der Waals surface area contributed by atoms with E-state index in [-0.39, 0.29) is 19.0 Å². The van der Waals surface area contributed by atoms with Gasteiger partial charge in [0.1, 0.15) is 6.07 Å². The molecule has 1 aliphatic rings. The largest absolute Gasteiger partial charge is 0.450 e. The Labute approximate surface area is 133 Å². The highest BCUT2D eigenvalue weighted by molar-refractivity contribution is 7.99. The maximum Gasteiger partial charge on any atom is 0.308 e. The molecule has 0 bridgehead atoms. The second-order valence-electron chi connectivity index (χ2n) is 4.76. The Morgan fingerprint density at radius 2 is 1.68 bits per heavy atom. The smallest absolute Gasteiger partial charge is 0.308 e. The van der Waals surface area contributed by atoms with Crippen molar-refractivity contribution in [2.45, 2.75) is 16.2 Å². The standard InChI is InChI=1S/C17H14N2O2S/c18-10-12-21-17(20)9-11-19-13-5-1-3-7-15(13)22-16-8-4-2-6-14(16)19/h1-8H,9,11-12H2. The van der Waals surface area contributed by atoms with Crippen molar-refractivity contribution in [2.24, 2.45) is 0 Å². The SMILES string of the molecule is N#CCOC(=O)CCN1c2ccccc2Sc2ccccc21. The van der Waals surface area contributed by atoms with E-state index >= 15 is 0 Å². The Morgan fingerprint density at radius 1 is 1.09 bits per heavy atom. The summed E-state index contributed by atoms with van der Waals surface area (Å²) in [6.45, 7) is 0.334. The van der Waals surface area contributed by atoms with E-state index in [2.05, 4.69) is 29.2 Å². The number of rotatable bonds is 4.